The van der Waals surface area contributed by atoms with Crippen LogP contribution in [-0.4, -0.2) is 47.3 Å². The molecule has 1 N–H and O–H groups in total. The van der Waals surface area contributed by atoms with Crippen LogP contribution in [0.4, 0.5) is 0 Å². The lowest BCUT2D eigenvalue weighted by atomic mass is 10.0. The smallest absolute Gasteiger partial charge is 0.254 e. The lowest BCUT2D eigenvalue weighted by Crippen LogP contribution is -2.38. The first-order valence-corrected chi connectivity index (χ1v) is 10.8. The molecule has 0 spiro atoms. The Morgan fingerprint density at radius 2 is 1.87 bits per heavy atom. The highest BCUT2D eigenvalue weighted by Crippen LogP contribution is 2.24. The van der Waals surface area contributed by atoms with Gasteiger partial charge in [0.25, 0.3) is 5.91 Å². The Bertz CT molecular complexity index is 1020. The molecular formula is C25H32N4O2. The number of para-hydroxylation sites is 1. The van der Waals surface area contributed by atoms with Crippen molar-refractivity contribution in [3.63, 3.8) is 0 Å². The first-order valence-electron chi connectivity index (χ1n) is 10.8. The monoisotopic (exact) mass is 420 g/mol. The van der Waals surface area contributed by atoms with E-state index in [1.165, 1.54) is 0 Å². The number of aromatic nitrogens is 2. The van der Waals surface area contributed by atoms with Crippen molar-refractivity contribution in [3.05, 3.63) is 77.1 Å². The number of hydrogen-bond donors (Lipinski definition) is 1. The molecule has 1 unspecified atom stereocenters. The van der Waals surface area contributed by atoms with Crippen molar-refractivity contribution in [3.8, 4) is 11.4 Å². The van der Waals surface area contributed by atoms with Crippen LogP contribution in [0.15, 0.2) is 54.7 Å². The van der Waals surface area contributed by atoms with Crippen LogP contribution in [0.2, 0.25) is 0 Å². The summed E-state index contributed by atoms with van der Waals surface area (Å²) >= 11 is 0. The maximum atomic E-state index is 13.0. The Balaban J connectivity index is 1.81. The molecule has 0 aliphatic rings. The number of methoxy groups -OCH3 is 1. The second-order valence-electron chi connectivity index (χ2n) is 7.57. The van der Waals surface area contributed by atoms with Crippen LogP contribution < -0.4 is 10.1 Å². The second kappa shape index (κ2) is 10.3. The fraction of sp³-hybridized carbons (Fsp3) is 0.360. The lowest BCUT2D eigenvalue weighted by molar-refractivity contribution is 0.0934. The van der Waals surface area contributed by atoms with Gasteiger partial charge in [0.05, 0.1) is 36.3 Å². The van der Waals surface area contributed by atoms with Crippen LogP contribution in [0.1, 0.15) is 47.1 Å². The molecule has 1 heterocycles. The molecule has 0 aliphatic carbocycles. The molecule has 6 nitrogen and oxygen atoms in total. The number of amides is 1. The summed E-state index contributed by atoms with van der Waals surface area (Å²) in [5, 5.41) is 7.60. The zero-order valence-electron chi connectivity index (χ0n) is 19.1. The van der Waals surface area contributed by atoms with Gasteiger partial charge in [0.2, 0.25) is 0 Å². The number of rotatable bonds is 9. The van der Waals surface area contributed by atoms with Crippen LogP contribution in [0.5, 0.6) is 5.75 Å². The lowest BCUT2D eigenvalue weighted by Gasteiger charge is -2.30. The molecule has 0 saturated carbocycles. The number of ether oxygens (including phenoxy) is 1. The summed E-state index contributed by atoms with van der Waals surface area (Å²) in [4.78, 5) is 15.4. The van der Waals surface area contributed by atoms with E-state index in [1.54, 1.807) is 13.3 Å². The molecule has 1 atom stereocenters. The summed E-state index contributed by atoms with van der Waals surface area (Å²) in [6.07, 6.45) is 1.65. The minimum atomic E-state index is -0.114. The van der Waals surface area contributed by atoms with Crippen LogP contribution in [0, 0.1) is 13.8 Å². The van der Waals surface area contributed by atoms with E-state index >= 15 is 0 Å². The molecule has 0 radical (unpaired) electrons. The number of carbonyl (C=O) groups excluding carboxylic acids is 1. The van der Waals surface area contributed by atoms with Gasteiger partial charge in [0.15, 0.2) is 0 Å². The molecule has 0 saturated heterocycles. The van der Waals surface area contributed by atoms with E-state index < -0.39 is 0 Å². The minimum Gasteiger partial charge on any atom is -0.497 e. The number of nitrogens with zero attached hydrogens (tertiary/aromatic N) is 3. The van der Waals surface area contributed by atoms with Crippen LogP contribution in [0.3, 0.4) is 0 Å². The molecule has 6 heteroatoms. The molecule has 0 fully saturated rings. The average Bonchev–Trinajstić information content (AvgIpc) is 3.18. The second-order valence-corrected chi connectivity index (χ2v) is 7.57. The summed E-state index contributed by atoms with van der Waals surface area (Å²) in [7, 11) is 1.67. The Morgan fingerprint density at radius 1 is 1.13 bits per heavy atom. The SMILES string of the molecule is CCN(CC)C(CNC(=O)c1cnn(-c2ccccc2C)c1C)c1cccc(OC)c1. The number of likely N-dealkylation sites (N-methyl/N-ethyl adjacent to an activating group) is 1. The van der Waals surface area contributed by atoms with E-state index in [1.807, 2.05) is 61.0 Å². The van der Waals surface area contributed by atoms with E-state index in [0.717, 1.165) is 41.3 Å². The van der Waals surface area contributed by atoms with Gasteiger partial charge in [-0.3, -0.25) is 9.69 Å². The largest absolute Gasteiger partial charge is 0.497 e. The third-order valence-electron chi connectivity index (χ3n) is 5.79. The molecule has 1 aromatic heterocycles. The third-order valence-corrected chi connectivity index (χ3v) is 5.79. The maximum Gasteiger partial charge on any atom is 0.254 e. The van der Waals surface area contributed by atoms with Crippen molar-refractivity contribution in [2.24, 2.45) is 0 Å². The van der Waals surface area contributed by atoms with Gasteiger partial charge < -0.3 is 10.1 Å². The Hall–Kier alpha value is -3.12. The van der Waals surface area contributed by atoms with Gasteiger partial charge >= 0.3 is 0 Å². The predicted molar refractivity (Wildman–Crippen MR) is 124 cm³/mol. The highest BCUT2D eigenvalue weighted by molar-refractivity contribution is 5.95. The summed E-state index contributed by atoms with van der Waals surface area (Å²) in [6, 6.07) is 16.1. The summed E-state index contributed by atoms with van der Waals surface area (Å²) in [5.74, 6) is 0.703. The Morgan fingerprint density at radius 3 is 2.55 bits per heavy atom. The number of aryl methyl sites for hydroxylation is 1. The molecule has 0 bridgehead atoms. The predicted octanol–water partition coefficient (Wildman–Crippen LogP) is 4.31. The van der Waals surface area contributed by atoms with E-state index in [-0.39, 0.29) is 11.9 Å². The number of hydrogen-bond acceptors (Lipinski definition) is 4. The molecule has 1 amide bonds. The molecule has 3 rings (SSSR count). The van der Waals surface area contributed by atoms with Gasteiger partial charge in [-0.1, -0.05) is 44.2 Å². The van der Waals surface area contributed by atoms with Crippen molar-refractivity contribution < 1.29 is 9.53 Å². The van der Waals surface area contributed by atoms with Crippen molar-refractivity contribution >= 4 is 5.91 Å². The van der Waals surface area contributed by atoms with Gasteiger partial charge in [0.1, 0.15) is 5.75 Å². The van der Waals surface area contributed by atoms with Crippen molar-refractivity contribution in [2.75, 3.05) is 26.7 Å². The molecule has 3 aromatic rings. The Kier molecular flexibility index (Phi) is 7.47. The third kappa shape index (κ3) is 4.97. The van der Waals surface area contributed by atoms with Gasteiger partial charge in [-0.15, -0.1) is 0 Å². The number of benzene rings is 2. The molecule has 2 aromatic carbocycles. The average molecular weight is 421 g/mol. The number of nitrogens with one attached hydrogen (secondary N) is 1. The molecular weight excluding hydrogens is 388 g/mol. The summed E-state index contributed by atoms with van der Waals surface area (Å²) in [5.41, 5.74) is 4.63. The van der Waals surface area contributed by atoms with Crippen LogP contribution in [0.25, 0.3) is 5.69 Å². The standard InChI is InChI=1S/C25H32N4O2/c1-6-28(7-2)24(20-12-10-13-21(15-20)31-5)17-26-25(30)22-16-27-29(19(22)4)23-14-9-8-11-18(23)3/h8-16,24H,6-7,17H2,1-5H3,(H,26,30). The Labute approximate surface area is 184 Å². The first kappa shape index (κ1) is 22.6. The van der Waals surface area contributed by atoms with E-state index in [4.69, 9.17) is 4.74 Å². The quantitative estimate of drug-likeness (QED) is 0.560. The molecule has 164 valence electrons. The topological polar surface area (TPSA) is 59.4 Å². The van der Waals surface area contributed by atoms with Crippen LogP contribution >= 0.6 is 0 Å². The first-order chi connectivity index (χ1) is 15.0. The van der Waals surface area contributed by atoms with Crippen molar-refractivity contribution in [1.29, 1.82) is 0 Å². The van der Waals surface area contributed by atoms with Gasteiger partial charge in [-0.05, 0) is 56.3 Å². The summed E-state index contributed by atoms with van der Waals surface area (Å²) < 4.78 is 7.23. The van der Waals surface area contributed by atoms with E-state index in [0.29, 0.717) is 12.1 Å². The highest BCUT2D eigenvalue weighted by atomic mass is 16.5. The molecule has 31 heavy (non-hydrogen) atoms. The van der Waals surface area contributed by atoms with Gasteiger partial charge in [0, 0.05) is 6.54 Å². The van der Waals surface area contributed by atoms with Gasteiger partial charge in [-0.2, -0.15) is 5.10 Å². The van der Waals surface area contributed by atoms with Crippen LogP contribution in [-0.2, 0) is 0 Å². The fourth-order valence-electron chi connectivity index (χ4n) is 3.93. The zero-order valence-corrected chi connectivity index (χ0v) is 19.1. The summed E-state index contributed by atoms with van der Waals surface area (Å²) in [6.45, 7) is 10.5. The minimum absolute atomic E-state index is 0.0563. The maximum absolute atomic E-state index is 13.0. The fourth-order valence-corrected chi connectivity index (χ4v) is 3.93. The highest BCUT2D eigenvalue weighted by Gasteiger charge is 2.21. The van der Waals surface area contributed by atoms with Gasteiger partial charge in [-0.25, -0.2) is 4.68 Å². The van der Waals surface area contributed by atoms with E-state index in [9.17, 15) is 4.79 Å². The zero-order chi connectivity index (χ0) is 22.4. The van der Waals surface area contributed by atoms with Crippen molar-refractivity contribution in [1.82, 2.24) is 20.0 Å². The van der Waals surface area contributed by atoms with Crippen molar-refractivity contribution in [2.45, 2.75) is 33.7 Å². The number of carbonyl (C=O) groups is 1. The normalized spacial score (nSPS) is 12.1. The van der Waals surface area contributed by atoms with E-state index in [2.05, 4.69) is 35.2 Å². The molecule has 0 aliphatic heterocycles.